The summed E-state index contributed by atoms with van der Waals surface area (Å²) in [5.41, 5.74) is 2.73. The number of fused-ring (bicyclic) bond motifs is 1. The maximum atomic E-state index is 13.8. The number of hydrogen-bond donors (Lipinski definition) is 1. The van der Waals surface area contributed by atoms with E-state index in [1.807, 2.05) is 18.2 Å². The van der Waals surface area contributed by atoms with Gasteiger partial charge in [-0.15, -0.1) is 0 Å². The normalized spacial score (nSPS) is 17.4. The largest absolute Gasteiger partial charge is 0.497 e. The van der Waals surface area contributed by atoms with Gasteiger partial charge in [-0.1, -0.05) is 18.2 Å². The third-order valence-corrected chi connectivity index (χ3v) is 3.97. The number of nitrogens with one attached hydrogen (secondary N) is 1. The highest BCUT2D eigenvalue weighted by atomic mass is 19.2. The van der Waals surface area contributed by atoms with Gasteiger partial charge in [0.05, 0.1) is 7.11 Å². The summed E-state index contributed by atoms with van der Waals surface area (Å²) in [5, 5.41) is 3.38. The molecule has 3 rings (SSSR count). The molecule has 0 spiro atoms. The summed E-state index contributed by atoms with van der Waals surface area (Å²) in [7, 11) is 1.64. The molecule has 2 nitrogen and oxygen atoms in total. The van der Waals surface area contributed by atoms with Crippen LogP contribution in [0.3, 0.4) is 0 Å². The highest BCUT2D eigenvalue weighted by Crippen LogP contribution is 2.29. The van der Waals surface area contributed by atoms with E-state index in [0.29, 0.717) is 12.0 Å². The predicted octanol–water partition coefficient (Wildman–Crippen LogP) is 3.40. The molecule has 0 amide bonds. The van der Waals surface area contributed by atoms with Gasteiger partial charge >= 0.3 is 0 Å². The fourth-order valence-electron chi connectivity index (χ4n) is 2.86. The summed E-state index contributed by atoms with van der Waals surface area (Å²) in [6, 6.07) is 10.2. The van der Waals surface area contributed by atoms with E-state index >= 15 is 0 Å². The Kier molecular flexibility index (Phi) is 3.88. The quantitative estimate of drug-likeness (QED) is 0.935. The molecule has 110 valence electrons. The van der Waals surface area contributed by atoms with E-state index in [1.165, 1.54) is 5.56 Å². The van der Waals surface area contributed by atoms with Crippen molar-refractivity contribution in [2.45, 2.75) is 18.9 Å². The van der Waals surface area contributed by atoms with Crippen molar-refractivity contribution in [3.8, 4) is 5.75 Å². The van der Waals surface area contributed by atoms with Gasteiger partial charge in [0.1, 0.15) is 5.75 Å². The SMILES string of the molecule is COc1ccc2c(c1)CCNC2Cc1cccc(F)c1F. The molecule has 1 unspecified atom stereocenters. The van der Waals surface area contributed by atoms with Crippen LogP contribution in [0, 0.1) is 11.6 Å². The van der Waals surface area contributed by atoms with Gasteiger partial charge in [0, 0.05) is 6.04 Å². The number of methoxy groups -OCH3 is 1. The molecule has 0 bridgehead atoms. The van der Waals surface area contributed by atoms with Crippen LogP contribution in [0.25, 0.3) is 0 Å². The van der Waals surface area contributed by atoms with E-state index in [-0.39, 0.29) is 6.04 Å². The molecule has 1 heterocycles. The smallest absolute Gasteiger partial charge is 0.162 e. The summed E-state index contributed by atoms with van der Waals surface area (Å²) < 4.78 is 32.4. The van der Waals surface area contributed by atoms with E-state index in [9.17, 15) is 8.78 Å². The highest BCUT2D eigenvalue weighted by molar-refractivity contribution is 5.40. The Bertz CT molecular complexity index is 657. The molecular weight excluding hydrogens is 272 g/mol. The van der Waals surface area contributed by atoms with Crippen LogP contribution in [-0.4, -0.2) is 13.7 Å². The van der Waals surface area contributed by atoms with E-state index < -0.39 is 11.6 Å². The number of hydrogen-bond acceptors (Lipinski definition) is 2. The van der Waals surface area contributed by atoms with Crippen molar-refractivity contribution in [2.24, 2.45) is 0 Å². The lowest BCUT2D eigenvalue weighted by Crippen LogP contribution is -2.31. The first-order valence-corrected chi connectivity index (χ1v) is 7.02. The molecule has 0 radical (unpaired) electrons. The van der Waals surface area contributed by atoms with Crippen molar-refractivity contribution in [2.75, 3.05) is 13.7 Å². The summed E-state index contributed by atoms with van der Waals surface area (Å²) >= 11 is 0. The number of benzene rings is 2. The Hall–Kier alpha value is -1.94. The second-order valence-electron chi connectivity index (χ2n) is 5.24. The van der Waals surface area contributed by atoms with Crippen molar-refractivity contribution in [3.05, 3.63) is 64.7 Å². The standard InChI is InChI=1S/C17H17F2NO/c1-21-13-5-6-14-11(9-13)7-8-20-16(14)10-12-3-2-4-15(18)17(12)19/h2-6,9,16,20H,7-8,10H2,1H3. The lowest BCUT2D eigenvalue weighted by Gasteiger charge is -2.27. The first-order valence-electron chi connectivity index (χ1n) is 7.02. The molecule has 0 aliphatic carbocycles. The Balaban J connectivity index is 1.90. The van der Waals surface area contributed by atoms with Crippen molar-refractivity contribution in [3.63, 3.8) is 0 Å². The Morgan fingerprint density at radius 2 is 2.10 bits per heavy atom. The average molecular weight is 289 g/mol. The highest BCUT2D eigenvalue weighted by Gasteiger charge is 2.22. The maximum absolute atomic E-state index is 13.8. The molecule has 0 fully saturated rings. The van der Waals surface area contributed by atoms with E-state index in [2.05, 4.69) is 5.32 Å². The van der Waals surface area contributed by atoms with Crippen LogP contribution in [0.1, 0.15) is 22.7 Å². The molecule has 21 heavy (non-hydrogen) atoms. The van der Waals surface area contributed by atoms with Gasteiger partial charge in [0.25, 0.3) is 0 Å². The van der Waals surface area contributed by atoms with Gasteiger partial charge < -0.3 is 10.1 Å². The molecule has 1 N–H and O–H groups in total. The van der Waals surface area contributed by atoms with Gasteiger partial charge in [-0.3, -0.25) is 0 Å². The molecule has 0 saturated heterocycles. The van der Waals surface area contributed by atoms with Crippen LogP contribution in [0.2, 0.25) is 0 Å². The van der Waals surface area contributed by atoms with Crippen molar-refractivity contribution >= 4 is 0 Å². The van der Waals surface area contributed by atoms with Gasteiger partial charge in [0.15, 0.2) is 11.6 Å². The summed E-state index contributed by atoms with van der Waals surface area (Å²) in [4.78, 5) is 0. The summed E-state index contributed by atoms with van der Waals surface area (Å²) in [5.74, 6) is -0.718. The van der Waals surface area contributed by atoms with E-state index in [0.717, 1.165) is 30.3 Å². The van der Waals surface area contributed by atoms with Crippen LogP contribution < -0.4 is 10.1 Å². The predicted molar refractivity (Wildman–Crippen MR) is 77.5 cm³/mol. The molecule has 1 aliphatic heterocycles. The van der Waals surface area contributed by atoms with Gasteiger partial charge in [-0.2, -0.15) is 0 Å². The molecule has 0 aromatic heterocycles. The lowest BCUT2D eigenvalue weighted by molar-refractivity contribution is 0.411. The molecule has 1 aliphatic rings. The molecular formula is C17H17F2NO. The average Bonchev–Trinajstić information content (AvgIpc) is 2.51. The van der Waals surface area contributed by atoms with Crippen molar-refractivity contribution in [1.82, 2.24) is 5.32 Å². The van der Waals surface area contributed by atoms with Crippen LogP contribution in [-0.2, 0) is 12.8 Å². The second kappa shape index (κ2) is 5.82. The van der Waals surface area contributed by atoms with Crippen LogP contribution in [0.15, 0.2) is 36.4 Å². The Morgan fingerprint density at radius 1 is 1.24 bits per heavy atom. The van der Waals surface area contributed by atoms with Gasteiger partial charge in [-0.05, 0) is 54.3 Å². The zero-order chi connectivity index (χ0) is 14.8. The zero-order valence-electron chi connectivity index (χ0n) is 11.8. The number of ether oxygens (including phenoxy) is 1. The Labute approximate surface area is 122 Å². The van der Waals surface area contributed by atoms with Crippen LogP contribution in [0.4, 0.5) is 8.78 Å². The van der Waals surface area contributed by atoms with Crippen LogP contribution in [0.5, 0.6) is 5.75 Å². The second-order valence-corrected chi connectivity index (χ2v) is 5.24. The fourth-order valence-corrected chi connectivity index (χ4v) is 2.86. The molecule has 1 atom stereocenters. The minimum Gasteiger partial charge on any atom is -0.497 e. The molecule has 4 heteroatoms. The summed E-state index contributed by atoms with van der Waals surface area (Å²) in [6.45, 7) is 0.821. The van der Waals surface area contributed by atoms with E-state index in [4.69, 9.17) is 4.74 Å². The number of rotatable bonds is 3. The van der Waals surface area contributed by atoms with Gasteiger partial charge in [-0.25, -0.2) is 8.78 Å². The zero-order valence-corrected chi connectivity index (χ0v) is 11.8. The van der Waals surface area contributed by atoms with Crippen molar-refractivity contribution in [1.29, 1.82) is 0 Å². The molecule has 2 aromatic rings. The topological polar surface area (TPSA) is 21.3 Å². The van der Waals surface area contributed by atoms with Crippen molar-refractivity contribution < 1.29 is 13.5 Å². The fraction of sp³-hybridized carbons (Fsp3) is 0.294. The monoisotopic (exact) mass is 289 g/mol. The van der Waals surface area contributed by atoms with Crippen LogP contribution >= 0.6 is 0 Å². The minimum absolute atomic E-state index is 0.00374. The third kappa shape index (κ3) is 2.76. The maximum Gasteiger partial charge on any atom is 0.162 e. The lowest BCUT2D eigenvalue weighted by atomic mass is 9.90. The first-order chi connectivity index (χ1) is 10.2. The minimum atomic E-state index is -0.793. The summed E-state index contributed by atoms with van der Waals surface area (Å²) in [6.07, 6.45) is 1.34. The molecule has 2 aromatic carbocycles. The first kappa shape index (κ1) is 14.0. The Morgan fingerprint density at radius 3 is 2.90 bits per heavy atom. The number of halogens is 2. The molecule has 0 saturated carbocycles. The third-order valence-electron chi connectivity index (χ3n) is 3.97. The van der Waals surface area contributed by atoms with Gasteiger partial charge in [0.2, 0.25) is 0 Å². The van der Waals surface area contributed by atoms with E-state index in [1.54, 1.807) is 19.2 Å².